The number of rotatable bonds is 2. The second kappa shape index (κ2) is 4.90. The number of hydrogen-bond acceptors (Lipinski definition) is 2. The van der Waals surface area contributed by atoms with E-state index in [2.05, 4.69) is 4.98 Å². The quantitative estimate of drug-likeness (QED) is 0.654. The van der Waals surface area contributed by atoms with E-state index < -0.39 is 0 Å². The summed E-state index contributed by atoms with van der Waals surface area (Å²) < 4.78 is 5.89. The van der Waals surface area contributed by atoms with Crippen molar-refractivity contribution in [2.45, 2.75) is 6.92 Å². The van der Waals surface area contributed by atoms with E-state index in [1.807, 2.05) is 61.5 Å². The van der Waals surface area contributed by atoms with Gasteiger partial charge in [-0.05, 0) is 43.3 Å². The smallest absolute Gasteiger partial charge is 0.136 e. The number of ether oxygens (including phenoxy) is 1. The van der Waals surface area contributed by atoms with Gasteiger partial charge in [0.05, 0.1) is 10.5 Å². The van der Waals surface area contributed by atoms with Crippen LogP contribution in [-0.2, 0) is 0 Å². The molecule has 0 spiro atoms. The SMILES string of the molecule is Cc1ccc2c(Oc3ccccc3)ccc(Cl)c2n1. The molecule has 0 unspecified atom stereocenters. The standard InChI is InChI=1S/C16H12ClNO/c1-11-7-8-13-15(10-9-14(17)16(13)18-11)19-12-5-3-2-4-6-12/h2-10H,1H3. The zero-order chi connectivity index (χ0) is 13.2. The molecule has 3 rings (SSSR count). The Morgan fingerprint density at radius 3 is 2.53 bits per heavy atom. The highest BCUT2D eigenvalue weighted by atomic mass is 35.5. The number of benzene rings is 2. The number of hydrogen-bond donors (Lipinski definition) is 0. The molecule has 19 heavy (non-hydrogen) atoms. The van der Waals surface area contributed by atoms with Gasteiger partial charge in [0.15, 0.2) is 0 Å². The molecule has 1 heterocycles. The van der Waals surface area contributed by atoms with Crippen molar-refractivity contribution in [2.75, 3.05) is 0 Å². The zero-order valence-electron chi connectivity index (χ0n) is 10.4. The maximum Gasteiger partial charge on any atom is 0.136 e. The minimum atomic E-state index is 0.638. The van der Waals surface area contributed by atoms with Crippen molar-refractivity contribution in [1.29, 1.82) is 0 Å². The summed E-state index contributed by atoms with van der Waals surface area (Å²) in [5.74, 6) is 1.56. The van der Waals surface area contributed by atoms with Crippen LogP contribution in [0, 0.1) is 6.92 Å². The van der Waals surface area contributed by atoms with Gasteiger partial charge in [-0.1, -0.05) is 29.8 Å². The lowest BCUT2D eigenvalue weighted by molar-refractivity contribution is 0.488. The highest BCUT2D eigenvalue weighted by Crippen LogP contribution is 2.33. The Kier molecular flexibility index (Phi) is 3.10. The molecule has 2 nitrogen and oxygen atoms in total. The Balaban J connectivity index is 2.12. The zero-order valence-corrected chi connectivity index (χ0v) is 11.2. The Labute approximate surface area is 116 Å². The monoisotopic (exact) mass is 269 g/mol. The van der Waals surface area contributed by atoms with Crippen LogP contribution in [-0.4, -0.2) is 4.98 Å². The van der Waals surface area contributed by atoms with Gasteiger partial charge in [0.25, 0.3) is 0 Å². The lowest BCUT2D eigenvalue weighted by atomic mass is 10.2. The third-order valence-corrected chi connectivity index (χ3v) is 3.18. The molecule has 3 heteroatoms. The number of pyridine rings is 1. The van der Waals surface area contributed by atoms with Crippen LogP contribution in [0.3, 0.4) is 0 Å². The fourth-order valence-electron chi connectivity index (χ4n) is 1.96. The van der Waals surface area contributed by atoms with E-state index in [0.717, 1.165) is 28.1 Å². The van der Waals surface area contributed by atoms with Gasteiger partial charge in [0, 0.05) is 11.1 Å². The summed E-state index contributed by atoms with van der Waals surface area (Å²) in [4.78, 5) is 4.47. The third-order valence-electron chi connectivity index (χ3n) is 2.88. The molecule has 0 aliphatic carbocycles. The van der Waals surface area contributed by atoms with Crippen molar-refractivity contribution in [1.82, 2.24) is 4.98 Å². The van der Waals surface area contributed by atoms with Crippen LogP contribution in [0.2, 0.25) is 5.02 Å². The lowest BCUT2D eigenvalue weighted by Crippen LogP contribution is -1.89. The molecule has 0 aliphatic heterocycles. The van der Waals surface area contributed by atoms with Crippen molar-refractivity contribution in [2.24, 2.45) is 0 Å². The van der Waals surface area contributed by atoms with E-state index in [4.69, 9.17) is 16.3 Å². The maximum absolute atomic E-state index is 6.19. The first-order valence-corrected chi connectivity index (χ1v) is 6.40. The average Bonchev–Trinajstić information content (AvgIpc) is 2.43. The predicted molar refractivity (Wildman–Crippen MR) is 78.0 cm³/mol. The molecule has 3 aromatic rings. The molecular weight excluding hydrogens is 258 g/mol. The molecule has 0 N–H and O–H groups in total. The summed E-state index contributed by atoms with van der Waals surface area (Å²) >= 11 is 6.19. The number of fused-ring (bicyclic) bond motifs is 1. The van der Waals surface area contributed by atoms with Crippen molar-refractivity contribution in [3.05, 3.63) is 65.3 Å². The first-order chi connectivity index (χ1) is 9.24. The van der Waals surface area contributed by atoms with Crippen LogP contribution in [0.5, 0.6) is 11.5 Å². The maximum atomic E-state index is 6.19. The predicted octanol–water partition coefficient (Wildman–Crippen LogP) is 4.99. The van der Waals surface area contributed by atoms with Gasteiger partial charge in [-0.25, -0.2) is 0 Å². The summed E-state index contributed by atoms with van der Waals surface area (Å²) in [6.07, 6.45) is 0. The summed E-state index contributed by atoms with van der Waals surface area (Å²) in [7, 11) is 0. The fraction of sp³-hybridized carbons (Fsp3) is 0.0625. The molecule has 2 aromatic carbocycles. The van der Waals surface area contributed by atoms with Crippen LogP contribution in [0.1, 0.15) is 5.69 Å². The minimum Gasteiger partial charge on any atom is -0.457 e. The summed E-state index contributed by atoms with van der Waals surface area (Å²) in [5, 5.41) is 1.56. The van der Waals surface area contributed by atoms with Crippen molar-refractivity contribution < 1.29 is 4.74 Å². The second-order valence-corrected chi connectivity index (χ2v) is 4.72. The van der Waals surface area contributed by atoms with E-state index >= 15 is 0 Å². The Hall–Kier alpha value is -2.06. The van der Waals surface area contributed by atoms with E-state index in [1.54, 1.807) is 0 Å². The molecule has 0 saturated carbocycles. The molecule has 0 fully saturated rings. The highest BCUT2D eigenvalue weighted by molar-refractivity contribution is 6.35. The Bertz CT molecular complexity index is 725. The van der Waals surface area contributed by atoms with Gasteiger partial charge in [-0.15, -0.1) is 0 Å². The summed E-state index contributed by atoms with van der Waals surface area (Å²) in [6.45, 7) is 1.94. The molecule has 0 radical (unpaired) electrons. The molecule has 0 amide bonds. The summed E-state index contributed by atoms with van der Waals surface area (Å²) in [6, 6.07) is 17.3. The van der Waals surface area contributed by atoms with Crippen LogP contribution < -0.4 is 4.74 Å². The number of para-hydroxylation sites is 1. The molecule has 0 bridgehead atoms. The normalized spacial score (nSPS) is 10.6. The molecular formula is C16H12ClNO. The topological polar surface area (TPSA) is 22.1 Å². The molecule has 1 aromatic heterocycles. The fourth-order valence-corrected chi connectivity index (χ4v) is 2.17. The molecule has 0 atom stereocenters. The Morgan fingerprint density at radius 1 is 0.947 bits per heavy atom. The minimum absolute atomic E-state index is 0.638. The van der Waals surface area contributed by atoms with Gasteiger partial charge in [0.1, 0.15) is 11.5 Å². The van der Waals surface area contributed by atoms with Crippen LogP contribution in [0.25, 0.3) is 10.9 Å². The lowest BCUT2D eigenvalue weighted by Gasteiger charge is -2.10. The van der Waals surface area contributed by atoms with Crippen molar-refractivity contribution in [3.8, 4) is 11.5 Å². The van der Waals surface area contributed by atoms with Crippen molar-refractivity contribution >= 4 is 22.5 Å². The van der Waals surface area contributed by atoms with Crippen LogP contribution >= 0.6 is 11.6 Å². The third kappa shape index (κ3) is 2.40. The number of aromatic nitrogens is 1. The average molecular weight is 270 g/mol. The molecule has 0 aliphatic rings. The Morgan fingerprint density at radius 2 is 1.74 bits per heavy atom. The first-order valence-electron chi connectivity index (χ1n) is 6.03. The number of halogens is 1. The van der Waals surface area contributed by atoms with Gasteiger partial charge in [0.2, 0.25) is 0 Å². The molecule has 0 saturated heterocycles. The largest absolute Gasteiger partial charge is 0.457 e. The highest BCUT2D eigenvalue weighted by Gasteiger charge is 2.08. The molecule has 94 valence electrons. The van der Waals surface area contributed by atoms with Crippen LogP contribution in [0.15, 0.2) is 54.6 Å². The van der Waals surface area contributed by atoms with Crippen LogP contribution in [0.4, 0.5) is 0 Å². The van der Waals surface area contributed by atoms with Gasteiger partial charge in [-0.3, -0.25) is 4.98 Å². The first kappa shape index (κ1) is 12.0. The van der Waals surface area contributed by atoms with Crippen molar-refractivity contribution in [3.63, 3.8) is 0 Å². The summed E-state index contributed by atoms with van der Waals surface area (Å²) in [5.41, 5.74) is 1.71. The van der Waals surface area contributed by atoms with E-state index in [0.29, 0.717) is 5.02 Å². The second-order valence-electron chi connectivity index (χ2n) is 4.31. The number of aryl methyl sites for hydroxylation is 1. The van der Waals surface area contributed by atoms with Gasteiger partial charge in [-0.2, -0.15) is 0 Å². The van der Waals surface area contributed by atoms with E-state index in [9.17, 15) is 0 Å². The van der Waals surface area contributed by atoms with Gasteiger partial charge < -0.3 is 4.74 Å². The van der Waals surface area contributed by atoms with Gasteiger partial charge >= 0.3 is 0 Å². The van der Waals surface area contributed by atoms with E-state index in [1.165, 1.54) is 0 Å². The number of nitrogens with zero attached hydrogens (tertiary/aromatic N) is 1. The van der Waals surface area contributed by atoms with E-state index in [-0.39, 0.29) is 0 Å².